The highest BCUT2D eigenvalue weighted by Crippen LogP contribution is 2.43. The SMILES string of the molecule is CC1(C)Nc2cccc3c(N=Nc4c(N=Nc5ccccc5)ccc5ccccc45)ccc(c23)N1. The van der Waals surface area contributed by atoms with E-state index in [1.165, 1.54) is 0 Å². The first-order valence-electron chi connectivity index (χ1n) is 11.6. The Labute approximate surface area is 203 Å². The van der Waals surface area contributed by atoms with E-state index in [2.05, 4.69) is 59.0 Å². The van der Waals surface area contributed by atoms with Crippen molar-refractivity contribution < 1.29 is 0 Å². The molecule has 0 saturated heterocycles. The predicted octanol–water partition coefficient (Wildman–Crippen LogP) is 9.40. The molecule has 2 N–H and O–H groups in total. The second-order valence-electron chi connectivity index (χ2n) is 9.13. The molecule has 6 nitrogen and oxygen atoms in total. The van der Waals surface area contributed by atoms with E-state index in [9.17, 15) is 0 Å². The molecule has 1 aliphatic heterocycles. The molecule has 1 aliphatic rings. The van der Waals surface area contributed by atoms with Crippen LogP contribution in [0, 0.1) is 0 Å². The summed E-state index contributed by atoms with van der Waals surface area (Å²) in [5, 5.41) is 29.7. The van der Waals surface area contributed by atoms with E-state index in [1.807, 2.05) is 72.8 Å². The van der Waals surface area contributed by atoms with Gasteiger partial charge in [-0.15, -0.1) is 15.3 Å². The van der Waals surface area contributed by atoms with Gasteiger partial charge in [0.25, 0.3) is 0 Å². The topological polar surface area (TPSA) is 73.5 Å². The standard InChI is InChI=1S/C29H24N6/c1-29(2)30-24-14-8-13-22-23(17-18-25(31-29)27(22)24)33-35-28-21-12-7-6-9-19(21)15-16-26(28)34-32-20-10-4-3-5-11-20/h3-18,30-31H,1-2H3. The van der Waals surface area contributed by atoms with Crippen LogP contribution in [-0.4, -0.2) is 5.66 Å². The van der Waals surface area contributed by atoms with Crippen molar-refractivity contribution in [1.82, 2.24) is 0 Å². The van der Waals surface area contributed by atoms with E-state index in [-0.39, 0.29) is 5.66 Å². The molecule has 6 heteroatoms. The van der Waals surface area contributed by atoms with Gasteiger partial charge in [0.05, 0.1) is 11.4 Å². The summed E-state index contributed by atoms with van der Waals surface area (Å²) in [5.41, 5.74) is 4.89. The van der Waals surface area contributed by atoms with Crippen LogP contribution >= 0.6 is 0 Å². The fraction of sp³-hybridized carbons (Fsp3) is 0.103. The van der Waals surface area contributed by atoms with Crippen molar-refractivity contribution in [2.75, 3.05) is 10.6 Å². The average Bonchev–Trinajstić information content (AvgIpc) is 2.87. The first-order chi connectivity index (χ1) is 17.1. The van der Waals surface area contributed by atoms with E-state index >= 15 is 0 Å². The van der Waals surface area contributed by atoms with Gasteiger partial charge in [0.15, 0.2) is 0 Å². The summed E-state index contributed by atoms with van der Waals surface area (Å²) in [6.45, 7) is 4.24. The lowest BCUT2D eigenvalue weighted by Crippen LogP contribution is -2.41. The van der Waals surface area contributed by atoms with E-state index in [1.54, 1.807) is 0 Å². The molecule has 6 rings (SSSR count). The van der Waals surface area contributed by atoms with Gasteiger partial charge in [-0.1, -0.05) is 60.7 Å². The summed E-state index contributed by atoms with van der Waals surface area (Å²) >= 11 is 0. The molecule has 0 aromatic heterocycles. The molecular weight excluding hydrogens is 432 g/mol. The maximum absolute atomic E-state index is 4.73. The number of nitrogens with zero attached hydrogens (tertiary/aromatic N) is 4. The van der Waals surface area contributed by atoms with Gasteiger partial charge in [-0.05, 0) is 55.6 Å². The van der Waals surface area contributed by atoms with Crippen LogP contribution < -0.4 is 10.6 Å². The number of nitrogens with one attached hydrogen (secondary N) is 2. The van der Waals surface area contributed by atoms with Crippen LogP contribution in [0.25, 0.3) is 21.5 Å². The number of azo groups is 2. The summed E-state index contributed by atoms with van der Waals surface area (Å²) in [4.78, 5) is 0. The zero-order chi connectivity index (χ0) is 23.8. The Balaban J connectivity index is 1.47. The lowest BCUT2D eigenvalue weighted by Gasteiger charge is -2.36. The van der Waals surface area contributed by atoms with Gasteiger partial charge in [-0.2, -0.15) is 5.11 Å². The van der Waals surface area contributed by atoms with Gasteiger partial charge in [-0.3, -0.25) is 0 Å². The van der Waals surface area contributed by atoms with Crippen molar-refractivity contribution in [2.45, 2.75) is 19.5 Å². The van der Waals surface area contributed by atoms with Crippen molar-refractivity contribution in [3.63, 3.8) is 0 Å². The second kappa shape index (κ2) is 8.33. The van der Waals surface area contributed by atoms with Crippen molar-refractivity contribution >= 4 is 55.7 Å². The van der Waals surface area contributed by atoms with E-state index in [0.717, 1.165) is 44.3 Å². The largest absolute Gasteiger partial charge is 0.363 e. The van der Waals surface area contributed by atoms with Crippen LogP contribution in [0.3, 0.4) is 0 Å². The fourth-order valence-corrected chi connectivity index (χ4v) is 4.53. The number of benzene rings is 5. The molecule has 0 saturated carbocycles. The highest BCUT2D eigenvalue weighted by atomic mass is 15.2. The Morgan fingerprint density at radius 2 is 1.23 bits per heavy atom. The third kappa shape index (κ3) is 3.99. The van der Waals surface area contributed by atoms with E-state index < -0.39 is 0 Å². The zero-order valence-corrected chi connectivity index (χ0v) is 19.5. The summed E-state index contributed by atoms with van der Waals surface area (Å²) in [7, 11) is 0. The van der Waals surface area contributed by atoms with Crippen LogP contribution in [0.15, 0.2) is 118 Å². The van der Waals surface area contributed by atoms with Crippen LogP contribution in [0.4, 0.5) is 34.1 Å². The Bertz CT molecular complexity index is 1610. The van der Waals surface area contributed by atoms with Crippen LogP contribution in [0.1, 0.15) is 13.8 Å². The second-order valence-corrected chi connectivity index (χ2v) is 9.13. The van der Waals surface area contributed by atoms with Gasteiger partial charge >= 0.3 is 0 Å². The van der Waals surface area contributed by atoms with Crippen molar-refractivity contribution in [2.24, 2.45) is 20.5 Å². The van der Waals surface area contributed by atoms with Gasteiger partial charge in [-0.25, -0.2) is 0 Å². The molecule has 0 spiro atoms. The normalized spacial score (nSPS) is 14.5. The lowest BCUT2D eigenvalue weighted by atomic mass is 10.00. The Hall–Kier alpha value is -4.58. The highest BCUT2D eigenvalue weighted by Gasteiger charge is 2.25. The molecule has 170 valence electrons. The molecule has 0 radical (unpaired) electrons. The molecule has 0 fully saturated rings. The first kappa shape index (κ1) is 21.0. The van der Waals surface area contributed by atoms with Gasteiger partial charge in [0.2, 0.25) is 0 Å². The predicted molar refractivity (Wildman–Crippen MR) is 144 cm³/mol. The minimum atomic E-state index is -0.230. The van der Waals surface area contributed by atoms with E-state index in [4.69, 9.17) is 10.2 Å². The molecule has 1 heterocycles. The Morgan fingerprint density at radius 3 is 2.09 bits per heavy atom. The van der Waals surface area contributed by atoms with Crippen molar-refractivity contribution in [3.8, 4) is 0 Å². The average molecular weight is 457 g/mol. The zero-order valence-electron chi connectivity index (χ0n) is 19.5. The highest BCUT2D eigenvalue weighted by molar-refractivity contribution is 6.09. The molecule has 0 amide bonds. The number of anilines is 2. The molecular formula is C29H24N6. The van der Waals surface area contributed by atoms with Crippen LogP contribution in [-0.2, 0) is 0 Å². The Kier molecular flexibility index (Phi) is 4.99. The molecule has 0 atom stereocenters. The van der Waals surface area contributed by atoms with Crippen molar-refractivity contribution in [1.29, 1.82) is 0 Å². The van der Waals surface area contributed by atoms with Crippen molar-refractivity contribution in [3.05, 3.63) is 97.1 Å². The third-order valence-corrected chi connectivity index (χ3v) is 6.08. The van der Waals surface area contributed by atoms with Crippen LogP contribution in [0.2, 0.25) is 0 Å². The summed E-state index contributed by atoms with van der Waals surface area (Å²) in [5.74, 6) is 0. The van der Waals surface area contributed by atoms with Crippen LogP contribution in [0.5, 0.6) is 0 Å². The molecule has 0 bridgehead atoms. The van der Waals surface area contributed by atoms with Gasteiger partial charge in [0.1, 0.15) is 17.0 Å². The monoisotopic (exact) mass is 456 g/mol. The quantitative estimate of drug-likeness (QED) is 0.264. The van der Waals surface area contributed by atoms with Gasteiger partial charge < -0.3 is 10.6 Å². The third-order valence-electron chi connectivity index (χ3n) is 6.08. The summed E-state index contributed by atoms with van der Waals surface area (Å²) in [6.07, 6.45) is 0. The molecule has 0 unspecified atom stereocenters. The molecule has 35 heavy (non-hydrogen) atoms. The maximum atomic E-state index is 4.73. The number of fused-ring (bicyclic) bond motifs is 1. The molecule has 0 aliphatic carbocycles. The first-order valence-corrected chi connectivity index (χ1v) is 11.6. The molecule has 5 aromatic carbocycles. The van der Waals surface area contributed by atoms with E-state index in [0.29, 0.717) is 11.4 Å². The summed E-state index contributed by atoms with van der Waals surface area (Å²) in [6, 6.07) is 32.1. The number of hydrogen-bond acceptors (Lipinski definition) is 6. The summed E-state index contributed by atoms with van der Waals surface area (Å²) < 4.78 is 0. The lowest BCUT2D eigenvalue weighted by molar-refractivity contribution is 0.649. The number of rotatable bonds is 4. The Morgan fingerprint density at radius 1 is 0.543 bits per heavy atom. The minimum absolute atomic E-state index is 0.230. The maximum Gasteiger partial charge on any atom is 0.121 e. The van der Waals surface area contributed by atoms with Gasteiger partial charge in [0, 0.05) is 27.5 Å². The fourth-order valence-electron chi connectivity index (χ4n) is 4.53. The smallest absolute Gasteiger partial charge is 0.121 e. The minimum Gasteiger partial charge on any atom is -0.363 e. The molecule has 5 aromatic rings. The number of hydrogen-bond donors (Lipinski definition) is 2.